The first-order chi connectivity index (χ1) is 14.0. The van der Waals surface area contributed by atoms with E-state index >= 15 is 0 Å². The standard InChI is InChI=1S/C20H30O8S2/c21-17-9-15-3-5-19(17,11-15)13-29(23,24)27-7-1-2-8-28-30(25,26)14-20-6-4-16(12-20)10-18(20)22/h15-16H,1-14H2/t15-,16+,19-,20+. The summed E-state index contributed by atoms with van der Waals surface area (Å²) >= 11 is 0. The second-order valence-corrected chi connectivity index (χ2v) is 13.1. The van der Waals surface area contributed by atoms with Crippen molar-refractivity contribution in [2.75, 3.05) is 24.7 Å². The van der Waals surface area contributed by atoms with Crippen LogP contribution in [0.4, 0.5) is 0 Å². The van der Waals surface area contributed by atoms with Crippen molar-refractivity contribution in [3.8, 4) is 0 Å². The maximum atomic E-state index is 12.3. The van der Waals surface area contributed by atoms with E-state index in [9.17, 15) is 26.4 Å². The van der Waals surface area contributed by atoms with Crippen LogP contribution in [0, 0.1) is 22.7 Å². The topological polar surface area (TPSA) is 121 Å². The molecule has 4 saturated carbocycles. The Morgan fingerprint density at radius 1 is 0.733 bits per heavy atom. The quantitative estimate of drug-likeness (QED) is 0.338. The van der Waals surface area contributed by atoms with E-state index in [1.54, 1.807) is 0 Å². The van der Waals surface area contributed by atoms with Crippen molar-refractivity contribution in [1.82, 2.24) is 0 Å². The first kappa shape index (κ1) is 22.4. The van der Waals surface area contributed by atoms with Crippen LogP contribution < -0.4 is 0 Å². The van der Waals surface area contributed by atoms with E-state index in [1.165, 1.54) is 0 Å². The molecule has 0 unspecified atom stereocenters. The number of carbonyl (C=O) groups excluding carboxylic acids is 2. The predicted octanol–water partition coefficient (Wildman–Crippen LogP) is 1.98. The third-order valence-electron chi connectivity index (χ3n) is 7.52. The highest BCUT2D eigenvalue weighted by Crippen LogP contribution is 2.53. The molecule has 4 aliphatic carbocycles. The van der Waals surface area contributed by atoms with Crippen LogP contribution in [0.2, 0.25) is 0 Å². The molecule has 0 aromatic heterocycles. The highest BCUT2D eigenvalue weighted by atomic mass is 32.2. The fourth-order valence-electron chi connectivity index (χ4n) is 6.05. The summed E-state index contributed by atoms with van der Waals surface area (Å²) in [5.74, 6) is 0.216. The van der Waals surface area contributed by atoms with Gasteiger partial charge in [-0.25, -0.2) is 0 Å². The van der Waals surface area contributed by atoms with Crippen LogP contribution in [0.3, 0.4) is 0 Å². The van der Waals surface area contributed by atoms with E-state index in [4.69, 9.17) is 8.37 Å². The van der Waals surface area contributed by atoms with Gasteiger partial charge in [0.25, 0.3) is 20.2 Å². The van der Waals surface area contributed by atoms with Crippen LogP contribution in [0.5, 0.6) is 0 Å². The van der Waals surface area contributed by atoms with Crippen molar-refractivity contribution >= 4 is 31.8 Å². The summed E-state index contributed by atoms with van der Waals surface area (Å²) in [5, 5.41) is 0. The Bertz CT molecular complexity index is 848. The Kier molecular flexibility index (Phi) is 5.91. The van der Waals surface area contributed by atoms with Crippen molar-refractivity contribution in [2.24, 2.45) is 22.7 Å². The Morgan fingerprint density at radius 2 is 1.13 bits per heavy atom. The SMILES string of the molecule is O=C1C[C@@H]2CC[C@@]1(CS(=O)(=O)OCCCCOS(=O)(=O)C[C@]13CC[C@H](CC1=O)C3)C2. The van der Waals surface area contributed by atoms with Gasteiger partial charge in [-0.2, -0.15) is 16.8 Å². The molecule has 8 nitrogen and oxygen atoms in total. The van der Waals surface area contributed by atoms with E-state index < -0.39 is 31.1 Å². The normalized spacial score (nSPS) is 35.6. The van der Waals surface area contributed by atoms with Gasteiger partial charge in [0.05, 0.1) is 24.7 Å². The van der Waals surface area contributed by atoms with Crippen molar-refractivity contribution in [2.45, 2.75) is 64.2 Å². The number of ketones is 2. The average Bonchev–Trinajstić information content (AvgIpc) is 3.35. The Hall–Kier alpha value is -0.840. The smallest absolute Gasteiger partial charge is 0.268 e. The summed E-state index contributed by atoms with van der Waals surface area (Å²) in [6.07, 6.45) is 5.95. The molecule has 30 heavy (non-hydrogen) atoms. The zero-order valence-corrected chi connectivity index (χ0v) is 18.8. The number of unbranched alkanes of at least 4 members (excludes halogenated alkanes) is 1. The number of hydrogen-bond donors (Lipinski definition) is 0. The molecule has 4 atom stereocenters. The molecule has 0 heterocycles. The average molecular weight is 463 g/mol. The lowest BCUT2D eigenvalue weighted by Crippen LogP contribution is -2.34. The molecule has 0 saturated heterocycles. The van der Waals surface area contributed by atoms with Gasteiger partial charge in [0, 0.05) is 23.7 Å². The number of rotatable bonds is 11. The maximum absolute atomic E-state index is 12.3. The summed E-state index contributed by atoms with van der Waals surface area (Å²) in [6.45, 7) is -0.132. The summed E-state index contributed by atoms with van der Waals surface area (Å²) in [7, 11) is -7.61. The zero-order valence-electron chi connectivity index (χ0n) is 17.1. The fourth-order valence-corrected chi connectivity index (χ4v) is 9.16. The fraction of sp³-hybridized carbons (Fsp3) is 0.900. The van der Waals surface area contributed by atoms with Crippen LogP contribution in [0.25, 0.3) is 0 Å². The van der Waals surface area contributed by atoms with Gasteiger partial charge in [-0.15, -0.1) is 0 Å². The molecule has 4 bridgehead atoms. The number of carbonyl (C=O) groups is 2. The third-order valence-corrected chi connectivity index (χ3v) is 10.4. The molecule has 0 aromatic carbocycles. The third kappa shape index (κ3) is 4.52. The van der Waals surface area contributed by atoms with Crippen LogP contribution in [0.1, 0.15) is 64.2 Å². The predicted molar refractivity (Wildman–Crippen MR) is 108 cm³/mol. The molecular formula is C20H30O8S2. The summed E-state index contributed by atoms with van der Waals surface area (Å²) < 4.78 is 59.2. The van der Waals surface area contributed by atoms with Crippen molar-refractivity contribution < 1.29 is 34.8 Å². The largest absolute Gasteiger partial charge is 0.299 e. The first-order valence-electron chi connectivity index (χ1n) is 10.8. The highest BCUT2D eigenvalue weighted by molar-refractivity contribution is 7.87. The summed E-state index contributed by atoms with van der Waals surface area (Å²) in [4.78, 5) is 24.2. The van der Waals surface area contributed by atoms with Gasteiger partial charge in [-0.1, -0.05) is 0 Å². The lowest BCUT2D eigenvalue weighted by molar-refractivity contribution is -0.126. The van der Waals surface area contributed by atoms with E-state index in [2.05, 4.69) is 0 Å². The van der Waals surface area contributed by atoms with E-state index in [-0.39, 0.29) is 36.3 Å². The van der Waals surface area contributed by atoms with Gasteiger partial charge < -0.3 is 0 Å². The van der Waals surface area contributed by atoms with Gasteiger partial charge in [0.2, 0.25) is 0 Å². The second-order valence-electron chi connectivity index (χ2n) is 9.79. The molecule has 170 valence electrons. The molecule has 0 spiro atoms. The Morgan fingerprint density at radius 3 is 1.43 bits per heavy atom. The number of hydrogen-bond acceptors (Lipinski definition) is 8. The Balaban J connectivity index is 1.16. The molecule has 10 heteroatoms. The van der Waals surface area contributed by atoms with Crippen LogP contribution in [-0.4, -0.2) is 53.1 Å². The molecule has 0 aromatic rings. The van der Waals surface area contributed by atoms with Gasteiger partial charge in [-0.05, 0) is 63.2 Å². The molecule has 4 fully saturated rings. The molecule has 0 aliphatic heterocycles. The number of Topliss-reactive ketones (excluding diaryl/α,β-unsaturated/α-hetero) is 2. The van der Waals surface area contributed by atoms with E-state index in [1.807, 2.05) is 0 Å². The zero-order chi connectivity index (χ0) is 21.6. The minimum atomic E-state index is -3.80. The molecule has 4 aliphatic rings. The van der Waals surface area contributed by atoms with Crippen molar-refractivity contribution in [3.05, 3.63) is 0 Å². The number of fused-ring (bicyclic) bond motifs is 4. The molecule has 0 N–H and O–H groups in total. The van der Waals surface area contributed by atoms with Crippen LogP contribution >= 0.6 is 0 Å². The molecule has 4 rings (SSSR count). The van der Waals surface area contributed by atoms with Gasteiger partial charge >= 0.3 is 0 Å². The molecule has 0 amide bonds. The van der Waals surface area contributed by atoms with Gasteiger partial charge in [0.1, 0.15) is 11.6 Å². The van der Waals surface area contributed by atoms with Crippen LogP contribution in [-0.2, 0) is 38.2 Å². The molecule has 0 radical (unpaired) electrons. The first-order valence-corrected chi connectivity index (χ1v) is 14.0. The summed E-state index contributed by atoms with van der Waals surface area (Å²) in [6, 6.07) is 0. The summed E-state index contributed by atoms with van der Waals surface area (Å²) in [5.41, 5.74) is -1.51. The van der Waals surface area contributed by atoms with Crippen molar-refractivity contribution in [3.63, 3.8) is 0 Å². The monoisotopic (exact) mass is 462 g/mol. The van der Waals surface area contributed by atoms with Crippen molar-refractivity contribution in [1.29, 1.82) is 0 Å². The van der Waals surface area contributed by atoms with Gasteiger partial charge in [0.15, 0.2) is 0 Å². The lowest BCUT2D eigenvalue weighted by atomic mass is 9.85. The highest BCUT2D eigenvalue weighted by Gasteiger charge is 2.54. The molecular weight excluding hydrogens is 432 g/mol. The van der Waals surface area contributed by atoms with Crippen LogP contribution in [0.15, 0.2) is 0 Å². The van der Waals surface area contributed by atoms with E-state index in [0.717, 1.165) is 12.8 Å². The minimum Gasteiger partial charge on any atom is -0.299 e. The maximum Gasteiger partial charge on any atom is 0.268 e. The van der Waals surface area contributed by atoms with E-state index in [0.29, 0.717) is 63.2 Å². The lowest BCUT2D eigenvalue weighted by Gasteiger charge is -2.24. The second kappa shape index (κ2) is 7.94. The Labute approximate surface area is 178 Å². The minimum absolute atomic E-state index is 0.0401. The van der Waals surface area contributed by atoms with Gasteiger partial charge in [-0.3, -0.25) is 18.0 Å².